The molecule has 0 aliphatic carbocycles. The van der Waals surface area contributed by atoms with Gasteiger partial charge in [0, 0.05) is 51.4 Å². The number of nitrogens with zero attached hydrogens (tertiary/aromatic N) is 7. The normalized spacial score (nSPS) is 18.0. The predicted molar refractivity (Wildman–Crippen MR) is 123 cm³/mol. The zero-order valence-corrected chi connectivity index (χ0v) is 18.8. The lowest BCUT2D eigenvalue weighted by atomic mass is 10.2. The molecule has 0 atom stereocenters. The predicted octanol–water partition coefficient (Wildman–Crippen LogP) is 2.44. The highest BCUT2D eigenvalue weighted by Crippen LogP contribution is 2.30. The molecule has 2 aliphatic rings. The average Bonchev–Trinajstić information content (AvgIpc) is 3.30. The molecular formula is C21H26N8O2S. The Morgan fingerprint density at radius 1 is 1.03 bits per heavy atom. The summed E-state index contributed by atoms with van der Waals surface area (Å²) in [4.78, 5) is 27.7. The van der Waals surface area contributed by atoms with Gasteiger partial charge >= 0.3 is 6.01 Å². The third kappa shape index (κ3) is 5.12. The van der Waals surface area contributed by atoms with E-state index < -0.39 is 0 Å². The van der Waals surface area contributed by atoms with Crippen molar-refractivity contribution in [1.82, 2.24) is 29.8 Å². The van der Waals surface area contributed by atoms with Gasteiger partial charge in [-0.2, -0.15) is 4.98 Å². The van der Waals surface area contributed by atoms with Crippen molar-refractivity contribution in [3.63, 3.8) is 0 Å². The number of hydrogen-bond acceptors (Lipinski definition) is 11. The minimum absolute atomic E-state index is 0.101. The molecule has 168 valence electrons. The van der Waals surface area contributed by atoms with Crippen LogP contribution in [0.2, 0.25) is 0 Å². The molecule has 0 bridgehead atoms. The standard InChI is InChI=1S/C21H26N8O2S/c1-28-6-8-29(9-7-28)15-12-23-19(24-13-15)27-21-25-14-18(32-21)17-2-5-22-20(26-17)31-16-3-10-30-11-4-16/h2,5,12-14,16H,3-4,6-11H2,1H3,(H,23,24,25,27). The van der Waals surface area contributed by atoms with Gasteiger partial charge in [-0.25, -0.2) is 19.9 Å². The van der Waals surface area contributed by atoms with Crippen molar-refractivity contribution < 1.29 is 9.47 Å². The first-order valence-electron chi connectivity index (χ1n) is 10.8. The molecule has 2 aliphatic heterocycles. The van der Waals surface area contributed by atoms with E-state index in [1.165, 1.54) is 11.3 Å². The molecule has 0 aromatic carbocycles. The van der Waals surface area contributed by atoms with Crippen LogP contribution < -0.4 is 15.0 Å². The topological polar surface area (TPSA) is 101 Å². The monoisotopic (exact) mass is 454 g/mol. The van der Waals surface area contributed by atoms with Crippen molar-refractivity contribution in [3.8, 4) is 16.6 Å². The van der Waals surface area contributed by atoms with E-state index in [-0.39, 0.29) is 6.10 Å². The molecular weight excluding hydrogens is 428 g/mol. The lowest BCUT2D eigenvalue weighted by Gasteiger charge is -2.33. The van der Waals surface area contributed by atoms with E-state index in [1.807, 2.05) is 18.5 Å². The van der Waals surface area contributed by atoms with Crippen molar-refractivity contribution in [1.29, 1.82) is 0 Å². The number of rotatable bonds is 6. The minimum Gasteiger partial charge on any atom is -0.460 e. The first-order valence-corrected chi connectivity index (χ1v) is 11.6. The summed E-state index contributed by atoms with van der Waals surface area (Å²) in [5, 5.41) is 3.89. The molecule has 11 heteroatoms. The summed E-state index contributed by atoms with van der Waals surface area (Å²) in [6, 6.07) is 2.25. The molecule has 0 unspecified atom stereocenters. The van der Waals surface area contributed by atoms with Crippen molar-refractivity contribution in [3.05, 3.63) is 30.9 Å². The van der Waals surface area contributed by atoms with Crippen LogP contribution in [-0.4, -0.2) is 82.4 Å². The maximum atomic E-state index is 5.93. The van der Waals surface area contributed by atoms with Crippen molar-refractivity contribution in [2.45, 2.75) is 18.9 Å². The molecule has 5 heterocycles. The van der Waals surface area contributed by atoms with Gasteiger partial charge in [-0.15, -0.1) is 0 Å². The first kappa shape index (κ1) is 21.0. The fourth-order valence-corrected chi connectivity index (χ4v) is 4.42. The first-order chi connectivity index (χ1) is 15.7. The Hall–Kier alpha value is -2.89. The summed E-state index contributed by atoms with van der Waals surface area (Å²) in [6.45, 7) is 5.50. The van der Waals surface area contributed by atoms with Crippen LogP contribution >= 0.6 is 11.3 Å². The summed E-state index contributed by atoms with van der Waals surface area (Å²) >= 11 is 1.48. The molecule has 5 rings (SSSR count). The molecule has 0 saturated carbocycles. The number of piperazine rings is 1. The van der Waals surface area contributed by atoms with E-state index >= 15 is 0 Å². The van der Waals surface area contributed by atoms with Gasteiger partial charge in [0.2, 0.25) is 5.95 Å². The second-order valence-electron chi connectivity index (χ2n) is 7.86. The number of ether oxygens (including phenoxy) is 2. The van der Waals surface area contributed by atoms with Crippen LogP contribution in [0.25, 0.3) is 10.6 Å². The summed E-state index contributed by atoms with van der Waals surface area (Å²) in [6.07, 6.45) is 9.03. The van der Waals surface area contributed by atoms with Crippen LogP contribution in [0.4, 0.5) is 16.8 Å². The van der Waals surface area contributed by atoms with Crippen LogP contribution in [0.3, 0.4) is 0 Å². The van der Waals surface area contributed by atoms with Crippen LogP contribution in [0.1, 0.15) is 12.8 Å². The Labute approximate surface area is 190 Å². The van der Waals surface area contributed by atoms with Gasteiger partial charge in [-0.1, -0.05) is 11.3 Å². The second-order valence-corrected chi connectivity index (χ2v) is 8.89. The Balaban J connectivity index is 1.22. The van der Waals surface area contributed by atoms with E-state index in [9.17, 15) is 0 Å². The van der Waals surface area contributed by atoms with Crippen LogP contribution in [-0.2, 0) is 4.74 Å². The van der Waals surface area contributed by atoms with Gasteiger partial charge < -0.3 is 24.6 Å². The highest BCUT2D eigenvalue weighted by atomic mass is 32.1. The van der Waals surface area contributed by atoms with Crippen LogP contribution in [0.5, 0.6) is 6.01 Å². The Morgan fingerprint density at radius 3 is 2.59 bits per heavy atom. The molecule has 10 nitrogen and oxygen atoms in total. The molecule has 0 radical (unpaired) electrons. The number of aromatic nitrogens is 5. The Morgan fingerprint density at radius 2 is 1.81 bits per heavy atom. The summed E-state index contributed by atoms with van der Waals surface area (Å²) in [5.74, 6) is 0.523. The Kier molecular flexibility index (Phi) is 6.37. The highest BCUT2D eigenvalue weighted by molar-refractivity contribution is 7.18. The number of thiazole rings is 1. The summed E-state index contributed by atoms with van der Waals surface area (Å²) in [5.41, 5.74) is 1.82. The van der Waals surface area contributed by atoms with E-state index in [1.54, 1.807) is 12.4 Å². The second kappa shape index (κ2) is 9.72. The summed E-state index contributed by atoms with van der Waals surface area (Å²) in [7, 11) is 2.14. The smallest absolute Gasteiger partial charge is 0.317 e. The van der Waals surface area contributed by atoms with Crippen molar-refractivity contribution in [2.75, 3.05) is 56.7 Å². The van der Waals surface area contributed by atoms with E-state index in [2.05, 4.69) is 47.1 Å². The molecule has 2 fully saturated rings. The number of nitrogens with one attached hydrogen (secondary N) is 1. The van der Waals surface area contributed by atoms with E-state index in [0.717, 1.165) is 55.3 Å². The third-order valence-electron chi connectivity index (χ3n) is 5.56. The largest absolute Gasteiger partial charge is 0.460 e. The lowest BCUT2D eigenvalue weighted by molar-refractivity contribution is 0.0217. The molecule has 1 N–H and O–H groups in total. The van der Waals surface area contributed by atoms with Gasteiger partial charge in [0.05, 0.1) is 41.9 Å². The quantitative estimate of drug-likeness (QED) is 0.597. The highest BCUT2D eigenvalue weighted by Gasteiger charge is 2.18. The maximum Gasteiger partial charge on any atom is 0.317 e. The van der Waals surface area contributed by atoms with E-state index in [0.29, 0.717) is 30.3 Å². The molecule has 32 heavy (non-hydrogen) atoms. The van der Waals surface area contributed by atoms with Gasteiger partial charge in [0.1, 0.15) is 6.10 Å². The maximum absolute atomic E-state index is 5.93. The SMILES string of the molecule is CN1CCN(c2cnc(Nc3ncc(-c4ccnc(OC5CCOCC5)n4)s3)nc2)CC1. The zero-order chi connectivity index (χ0) is 21.8. The molecule has 2 saturated heterocycles. The van der Waals surface area contributed by atoms with Crippen LogP contribution in [0, 0.1) is 0 Å². The third-order valence-corrected chi connectivity index (χ3v) is 6.49. The number of anilines is 3. The van der Waals surface area contributed by atoms with E-state index in [4.69, 9.17) is 9.47 Å². The molecule has 0 spiro atoms. The zero-order valence-electron chi connectivity index (χ0n) is 18.0. The van der Waals surface area contributed by atoms with Gasteiger partial charge in [-0.3, -0.25) is 0 Å². The number of hydrogen-bond donors (Lipinski definition) is 1. The average molecular weight is 455 g/mol. The summed E-state index contributed by atoms with van der Waals surface area (Å²) < 4.78 is 11.3. The molecule has 0 amide bonds. The van der Waals surface area contributed by atoms with Gasteiger partial charge in [0.15, 0.2) is 5.13 Å². The fraction of sp³-hybridized carbons (Fsp3) is 0.476. The molecule has 3 aromatic heterocycles. The number of likely N-dealkylation sites (N-methyl/N-ethyl adjacent to an activating group) is 1. The minimum atomic E-state index is 0.101. The molecule has 3 aromatic rings. The van der Waals surface area contributed by atoms with Gasteiger partial charge in [0.25, 0.3) is 0 Å². The van der Waals surface area contributed by atoms with Gasteiger partial charge in [-0.05, 0) is 13.1 Å². The van der Waals surface area contributed by atoms with Crippen molar-refractivity contribution in [2.24, 2.45) is 0 Å². The lowest BCUT2D eigenvalue weighted by Crippen LogP contribution is -2.44. The Bertz CT molecular complexity index is 1020. The fourth-order valence-electron chi connectivity index (χ4n) is 3.64. The van der Waals surface area contributed by atoms with Crippen molar-refractivity contribution >= 4 is 28.1 Å². The van der Waals surface area contributed by atoms with Crippen LogP contribution in [0.15, 0.2) is 30.9 Å².